The fourth-order valence-corrected chi connectivity index (χ4v) is 2.21. The fraction of sp³-hybridized carbons (Fsp3) is 0.875. The van der Waals surface area contributed by atoms with Crippen molar-refractivity contribution in [2.45, 2.75) is 24.9 Å². The zero-order valence-corrected chi connectivity index (χ0v) is 7.23. The molecule has 1 N–H and O–H groups in total. The van der Waals surface area contributed by atoms with Crippen LogP contribution in [0.5, 0.6) is 0 Å². The van der Waals surface area contributed by atoms with Gasteiger partial charge in [-0.2, -0.15) is 0 Å². The average molecular weight is 170 g/mol. The first kappa shape index (κ1) is 8.01. The van der Waals surface area contributed by atoms with Gasteiger partial charge in [0.1, 0.15) is 6.73 Å². The second-order valence-corrected chi connectivity index (χ2v) is 3.61. The second-order valence-electron chi connectivity index (χ2n) is 3.61. The van der Waals surface area contributed by atoms with E-state index < -0.39 is 0 Å². The predicted octanol–water partition coefficient (Wildman–Crippen LogP) is -0.759. The first-order chi connectivity index (χ1) is 5.74. The lowest BCUT2D eigenvalue weighted by Crippen LogP contribution is -2.55. The van der Waals surface area contributed by atoms with Gasteiger partial charge in [0.2, 0.25) is 5.91 Å². The molecule has 2 aliphatic rings. The number of carbonyl (C=O) groups excluding carboxylic acids is 1. The van der Waals surface area contributed by atoms with E-state index in [1.54, 1.807) is 4.90 Å². The maximum atomic E-state index is 11.5. The van der Waals surface area contributed by atoms with Gasteiger partial charge in [-0.1, -0.05) is 0 Å². The van der Waals surface area contributed by atoms with E-state index in [4.69, 9.17) is 5.11 Å². The number of rotatable bonds is 1. The van der Waals surface area contributed by atoms with Crippen LogP contribution in [0, 0.1) is 0 Å². The largest absolute Gasteiger partial charge is 0.376 e. The molecule has 2 aliphatic heterocycles. The maximum absolute atomic E-state index is 11.5. The lowest BCUT2D eigenvalue weighted by atomic mass is 10.2. The lowest BCUT2D eigenvalue weighted by molar-refractivity contribution is -0.144. The molecule has 2 fully saturated rings. The quantitative estimate of drug-likeness (QED) is 0.562. The Labute approximate surface area is 71.8 Å². The number of fused-ring (bicyclic) bond motifs is 2. The van der Waals surface area contributed by atoms with Gasteiger partial charge in [-0.3, -0.25) is 9.69 Å². The van der Waals surface area contributed by atoms with E-state index in [-0.39, 0.29) is 18.7 Å². The number of carbonyl (C=O) groups is 1. The molecule has 0 aromatic carbocycles. The highest BCUT2D eigenvalue weighted by Crippen LogP contribution is 2.28. The van der Waals surface area contributed by atoms with E-state index in [0.29, 0.717) is 12.6 Å². The summed E-state index contributed by atoms with van der Waals surface area (Å²) in [6.07, 6.45) is 2.04. The van der Waals surface area contributed by atoms with Crippen molar-refractivity contribution in [3.8, 4) is 0 Å². The molecule has 2 bridgehead atoms. The van der Waals surface area contributed by atoms with E-state index in [1.807, 2.05) is 7.05 Å². The molecular formula is C8H14N2O2. The Kier molecular flexibility index (Phi) is 1.81. The molecule has 0 aliphatic carbocycles. The van der Waals surface area contributed by atoms with Crippen molar-refractivity contribution in [3.05, 3.63) is 0 Å². The van der Waals surface area contributed by atoms with Crippen LogP contribution in [0.1, 0.15) is 12.8 Å². The fourth-order valence-electron chi connectivity index (χ4n) is 2.21. The zero-order chi connectivity index (χ0) is 8.72. The molecule has 0 radical (unpaired) electrons. The second kappa shape index (κ2) is 2.71. The number of likely N-dealkylation sites (N-methyl/N-ethyl adjacent to an activating group) is 1. The third kappa shape index (κ3) is 0.949. The normalized spacial score (nSPS) is 36.2. The summed E-state index contributed by atoms with van der Waals surface area (Å²) >= 11 is 0. The highest BCUT2D eigenvalue weighted by molar-refractivity contribution is 5.83. The minimum atomic E-state index is -0.125. The lowest BCUT2D eigenvalue weighted by Gasteiger charge is -2.37. The molecular weight excluding hydrogens is 156 g/mol. The minimum absolute atomic E-state index is 0.0379. The molecule has 2 heterocycles. The number of aliphatic hydroxyl groups excluding tert-OH is 1. The van der Waals surface area contributed by atoms with Crippen molar-refractivity contribution in [2.24, 2.45) is 0 Å². The van der Waals surface area contributed by atoms with E-state index in [0.717, 1.165) is 12.8 Å². The Hall–Kier alpha value is -0.610. The number of hydrogen-bond acceptors (Lipinski definition) is 3. The van der Waals surface area contributed by atoms with Crippen molar-refractivity contribution < 1.29 is 9.90 Å². The summed E-state index contributed by atoms with van der Waals surface area (Å²) in [7, 11) is 1.99. The summed E-state index contributed by atoms with van der Waals surface area (Å²) in [6, 6.07) is 0.510. The Balaban J connectivity index is 2.17. The SMILES string of the molecule is CN1C2CCC1C(=O)N(CO)C2. The van der Waals surface area contributed by atoms with Gasteiger partial charge in [0, 0.05) is 12.6 Å². The van der Waals surface area contributed by atoms with Crippen molar-refractivity contribution in [1.82, 2.24) is 9.80 Å². The molecule has 12 heavy (non-hydrogen) atoms. The summed E-state index contributed by atoms with van der Waals surface area (Å²) in [5, 5.41) is 8.90. The maximum Gasteiger partial charge on any atom is 0.241 e. The molecule has 4 heteroatoms. The smallest absolute Gasteiger partial charge is 0.241 e. The van der Waals surface area contributed by atoms with Gasteiger partial charge in [0.25, 0.3) is 0 Å². The monoisotopic (exact) mass is 170 g/mol. The molecule has 1 amide bonds. The molecule has 0 aromatic heterocycles. The zero-order valence-electron chi connectivity index (χ0n) is 7.23. The first-order valence-electron chi connectivity index (χ1n) is 4.35. The third-order valence-electron chi connectivity index (χ3n) is 3.04. The standard InChI is InChI=1S/C8H14N2O2/c1-9-6-2-3-7(9)8(12)10(4-6)5-11/h6-7,11H,2-5H2,1H3. The average Bonchev–Trinajstić information content (AvgIpc) is 2.31. The van der Waals surface area contributed by atoms with Gasteiger partial charge in [0.05, 0.1) is 6.04 Å². The Bertz CT molecular complexity index is 207. The topological polar surface area (TPSA) is 43.8 Å². The van der Waals surface area contributed by atoms with Crippen LogP contribution in [0.25, 0.3) is 0 Å². The Morgan fingerprint density at radius 1 is 1.58 bits per heavy atom. The van der Waals surface area contributed by atoms with Gasteiger partial charge >= 0.3 is 0 Å². The van der Waals surface area contributed by atoms with E-state index in [9.17, 15) is 4.79 Å². The van der Waals surface area contributed by atoms with E-state index in [2.05, 4.69) is 4.90 Å². The summed E-state index contributed by atoms with van der Waals surface area (Å²) in [5.41, 5.74) is 0. The molecule has 2 rings (SSSR count). The Morgan fingerprint density at radius 3 is 3.00 bits per heavy atom. The predicted molar refractivity (Wildman–Crippen MR) is 43.4 cm³/mol. The van der Waals surface area contributed by atoms with Crippen molar-refractivity contribution in [3.63, 3.8) is 0 Å². The van der Waals surface area contributed by atoms with Crippen LogP contribution in [0.15, 0.2) is 0 Å². The number of amides is 1. The highest BCUT2D eigenvalue weighted by Gasteiger charge is 2.42. The molecule has 2 atom stereocenters. The molecule has 2 unspecified atom stereocenters. The molecule has 68 valence electrons. The molecule has 0 aromatic rings. The molecule has 2 saturated heterocycles. The summed E-state index contributed by atoms with van der Waals surface area (Å²) < 4.78 is 0. The van der Waals surface area contributed by atoms with Crippen LogP contribution >= 0.6 is 0 Å². The van der Waals surface area contributed by atoms with Crippen LogP contribution in [0.4, 0.5) is 0 Å². The highest BCUT2D eigenvalue weighted by atomic mass is 16.3. The van der Waals surface area contributed by atoms with E-state index in [1.165, 1.54) is 0 Å². The number of nitrogens with zero attached hydrogens (tertiary/aromatic N) is 2. The van der Waals surface area contributed by atoms with Crippen LogP contribution in [0.3, 0.4) is 0 Å². The van der Waals surface area contributed by atoms with Crippen molar-refractivity contribution >= 4 is 5.91 Å². The van der Waals surface area contributed by atoms with Gasteiger partial charge < -0.3 is 10.0 Å². The van der Waals surface area contributed by atoms with Crippen LogP contribution < -0.4 is 0 Å². The van der Waals surface area contributed by atoms with Crippen LogP contribution in [-0.4, -0.2) is 53.2 Å². The summed E-state index contributed by atoms with van der Waals surface area (Å²) in [4.78, 5) is 15.2. The number of piperazine rings is 1. The van der Waals surface area contributed by atoms with Crippen molar-refractivity contribution in [2.75, 3.05) is 20.3 Å². The van der Waals surface area contributed by atoms with Gasteiger partial charge in [-0.25, -0.2) is 0 Å². The third-order valence-corrected chi connectivity index (χ3v) is 3.04. The number of aliphatic hydroxyl groups is 1. The summed E-state index contributed by atoms with van der Waals surface area (Å²) in [5.74, 6) is 0.0914. The number of likely N-dealkylation sites (tertiary alicyclic amines) is 1. The van der Waals surface area contributed by atoms with Gasteiger partial charge in [-0.15, -0.1) is 0 Å². The van der Waals surface area contributed by atoms with Crippen LogP contribution in [0.2, 0.25) is 0 Å². The van der Waals surface area contributed by atoms with Gasteiger partial charge in [0.15, 0.2) is 0 Å². The number of hydrogen-bond donors (Lipinski definition) is 1. The molecule has 0 saturated carbocycles. The minimum Gasteiger partial charge on any atom is -0.376 e. The molecule has 4 nitrogen and oxygen atoms in total. The van der Waals surface area contributed by atoms with Crippen molar-refractivity contribution in [1.29, 1.82) is 0 Å². The molecule has 0 spiro atoms. The first-order valence-corrected chi connectivity index (χ1v) is 4.35. The van der Waals surface area contributed by atoms with Crippen LogP contribution in [-0.2, 0) is 4.79 Å². The van der Waals surface area contributed by atoms with Gasteiger partial charge in [-0.05, 0) is 19.9 Å². The van der Waals surface area contributed by atoms with E-state index >= 15 is 0 Å². The Morgan fingerprint density at radius 2 is 2.33 bits per heavy atom. The summed E-state index contributed by atoms with van der Waals surface area (Å²) in [6.45, 7) is 0.571.